The number of hydrogen-bond acceptors (Lipinski definition) is 7. The van der Waals surface area contributed by atoms with Crippen LogP contribution in [0.4, 0.5) is 11.4 Å². The van der Waals surface area contributed by atoms with Gasteiger partial charge in [-0.1, -0.05) is 6.07 Å². The maximum absolute atomic E-state index is 12.7. The summed E-state index contributed by atoms with van der Waals surface area (Å²) in [4.78, 5) is 39.2. The molecule has 0 bridgehead atoms. The standard InChI is InChI=1S/C29H29N3O7/c1-2-36-23-8-4-21(5-9-23)31-27(33)17-37-24-10-6-22(7-11-24)32-16-20(14-28(32)34)29(35)30-15-19-3-12-25-26(13-19)39-18-38-25/h3-13,20H,2,14-18H2,1H3,(H,30,35)(H,31,33)/t20-/m0/s1. The minimum absolute atomic E-state index is 0.123. The molecule has 39 heavy (non-hydrogen) atoms. The molecule has 2 aliphatic heterocycles. The smallest absolute Gasteiger partial charge is 0.262 e. The van der Waals surface area contributed by atoms with E-state index in [0.717, 1.165) is 11.3 Å². The van der Waals surface area contributed by atoms with Crippen LogP contribution in [0.5, 0.6) is 23.0 Å². The molecule has 3 aromatic carbocycles. The lowest BCUT2D eigenvalue weighted by Gasteiger charge is -2.17. The Labute approximate surface area is 225 Å². The number of benzene rings is 3. The topological polar surface area (TPSA) is 115 Å². The summed E-state index contributed by atoms with van der Waals surface area (Å²) in [5.74, 6) is 1.52. The molecule has 1 saturated heterocycles. The number of anilines is 2. The molecule has 1 fully saturated rings. The monoisotopic (exact) mass is 531 g/mol. The number of fused-ring (bicyclic) bond motifs is 1. The molecule has 5 rings (SSSR count). The average molecular weight is 532 g/mol. The number of nitrogens with one attached hydrogen (secondary N) is 2. The molecule has 0 aliphatic carbocycles. The third-order valence-corrected chi connectivity index (χ3v) is 6.37. The first-order valence-corrected chi connectivity index (χ1v) is 12.7. The molecule has 0 radical (unpaired) electrons. The van der Waals surface area contributed by atoms with E-state index in [4.69, 9.17) is 18.9 Å². The van der Waals surface area contributed by atoms with Crippen LogP contribution in [-0.4, -0.2) is 44.3 Å². The molecule has 2 N–H and O–H groups in total. The highest BCUT2D eigenvalue weighted by atomic mass is 16.7. The van der Waals surface area contributed by atoms with Crippen LogP contribution in [0.1, 0.15) is 18.9 Å². The zero-order valence-corrected chi connectivity index (χ0v) is 21.5. The van der Waals surface area contributed by atoms with Gasteiger partial charge in [0.05, 0.1) is 12.5 Å². The predicted octanol–water partition coefficient (Wildman–Crippen LogP) is 3.50. The Morgan fingerprint density at radius 3 is 2.44 bits per heavy atom. The summed E-state index contributed by atoms with van der Waals surface area (Å²) in [7, 11) is 0. The van der Waals surface area contributed by atoms with Gasteiger partial charge in [0.15, 0.2) is 18.1 Å². The van der Waals surface area contributed by atoms with E-state index in [-0.39, 0.29) is 44.1 Å². The Bertz CT molecular complexity index is 1340. The normalized spacial score (nSPS) is 15.7. The fourth-order valence-corrected chi connectivity index (χ4v) is 4.39. The van der Waals surface area contributed by atoms with E-state index in [0.29, 0.717) is 41.8 Å². The summed E-state index contributed by atoms with van der Waals surface area (Å²) in [6.07, 6.45) is 0.136. The van der Waals surface area contributed by atoms with Crippen LogP contribution >= 0.6 is 0 Å². The number of nitrogens with zero attached hydrogens (tertiary/aromatic N) is 1. The Hall–Kier alpha value is -4.73. The van der Waals surface area contributed by atoms with E-state index in [1.807, 2.05) is 25.1 Å². The van der Waals surface area contributed by atoms with Crippen LogP contribution in [0.3, 0.4) is 0 Å². The van der Waals surface area contributed by atoms with Gasteiger partial charge >= 0.3 is 0 Å². The zero-order chi connectivity index (χ0) is 27.2. The first kappa shape index (κ1) is 25.9. The zero-order valence-electron chi connectivity index (χ0n) is 21.5. The molecular weight excluding hydrogens is 502 g/mol. The van der Waals surface area contributed by atoms with Crippen molar-refractivity contribution in [2.45, 2.75) is 19.9 Å². The molecule has 3 amide bonds. The Kier molecular flexibility index (Phi) is 7.81. The molecule has 10 heteroatoms. The molecule has 1 atom stereocenters. The second-order valence-electron chi connectivity index (χ2n) is 9.10. The van der Waals surface area contributed by atoms with E-state index in [1.165, 1.54) is 0 Å². The Morgan fingerprint density at radius 2 is 1.67 bits per heavy atom. The van der Waals surface area contributed by atoms with Crippen molar-refractivity contribution < 1.29 is 33.3 Å². The highest BCUT2D eigenvalue weighted by Crippen LogP contribution is 2.32. The van der Waals surface area contributed by atoms with Crippen molar-refractivity contribution in [1.82, 2.24) is 5.32 Å². The van der Waals surface area contributed by atoms with Crippen molar-refractivity contribution in [3.05, 3.63) is 72.3 Å². The van der Waals surface area contributed by atoms with Gasteiger partial charge in [0.2, 0.25) is 18.6 Å². The van der Waals surface area contributed by atoms with Crippen molar-refractivity contribution in [3.63, 3.8) is 0 Å². The van der Waals surface area contributed by atoms with Crippen molar-refractivity contribution in [2.75, 3.05) is 36.8 Å². The Morgan fingerprint density at radius 1 is 0.949 bits per heavy atom. The molecule has 202 valence electrons. The largest absolute Gasteiger partial charge is 0.494 e. The van der Waals surface area contributed by atoms with Gasteiger partial charge in [0.1, 0.15) is 11.5 Å². The van der Waals surface area contributed by atoms with Gasteiger partial charge in [-0.25, -0.2) is 0 Å². The van der Waals surface area contributed by atoms with Gasteiger partial charge in [-0.15, -0.1) is 0 Å². The molecule has 0 aromatic heterocycles. The highest BCUT2D eigenvalue weighted by molar-refractivity contribution is 6.00. The van der Waals surface area contributed by atoms with Crippen LogP contribution in [0.25, 0.3) is 0 Å². The first-order chi connectivity index (χ1) is 19.0. The lowest BCUT2D eigenvalue weighted by molar-refractivity contribution is -0.126. The van der Waals surface area contributed by atoms with Crippen molar-refractivity contribution in [3.8, 4) is 23.0 Å². The molecule has 0 spiro atoms. The van der Waals surface area contributed by atoms with Gasteiger partial charge in [0.25, 0.3) is 5.91 Å². The van der Waals surface area contributed by atoms with Crippen molar-refractivity contribution in [1.29, 1.82) is 0 Å². The third-order valence-electron chi connectivity index (χ3n) is 6.37. The van der Waals surface area contributed by atoms with E-state index in [9.17, 15) is 14.4 Å². The van der Waals surface area contributed by atoms with E-state index in [2.05, 4.69) is 10.6 Å². The maximum atomic E-state index is 12.7. The summed E-state index contributed by atoms with van der Waals surface area (Å²) in [5.41, 5.74) is 2.19. The number of ether oxygens (including phenoxy) is 4. The van der Waals surface area contributed by atoms with E-state index in [1.54, 1.807) is 53.4 Å². The van der Waals surface area contributed by atoms with Crippen molar-refractivity contribution in [2.24, 2.45) is 5.92 Å². The minimum Gasteiger partial charge on any atom is -0.494 e. The average Bonchev–Trinajstić information content (AvgIpc) is 3.58. The van der Waals surface area contributed by atoms with Crippen LogP contribution in [0, 0.1) is 5.92 Å². The van der Waals surface area contributed by atoms with Crippen LogP contribution < -0.4 is 34.5 Å². The quantitative estimate of drug-likeness (QED) is 0.412. The third kappa shape index (κ3) is 6.40. The second-order valence-corrected chi connectivity index (χ2v) is 9.10. The van der Waals surface area contributed by atoms with Gasteiger partial charge in [-0.2, -0.15) is 0 Å². The molecule has 10 nitrogen and oxygen atoms in total. The minimum atomic E-state index is -0.450. The summed E-state index contributed by atoms with van der Waals surface area (Å²) < 4.78 is 21.7. The fraction of sp³-hybridized carbons (Fsp3) is 0.276. The number of carbonyl (C=O) groups is 3. The second kappa shape index (κ2) is 11.8. The van der Waals surface area contributed by atoms with Gasteiger partial charge in [-0.3, -0.25) is 14.4 Å². The van der Waals surface area contributed by atoms with E-state index < -0.39 is 5.92 Å². The molecular formula is C29H29N3O7. The van der Waals surface area contributed by atoms with Crippen LogP contribution in [-0.2, 0) is 20.9 Å². The molecule has 0 saturated carbocycles. The lowest BCUT2D eigenvalue weighted by Crippen LogP contribution is -2.32. The highest BCUT2D eigenvalue weighted by Gasteiger charge is 2.35. The van der Waals surface area contributed by atoms with Crippen LogP contribution in [0.15, 0.2) is 66.7 Å². The molecule has 3 aromatic rings. The molecule has 2 heterocycles. The molecule has 2 aliphatic rings. The summed E-state index contributed by atoms with van der Waals surface area (Å²) in [5, 5.41) is 5.68. The number of rotatable bonds is 10. The van der Waals surface area contributed by atoms with Gasteiger partial charge in [-0.05, 0) is 73.2 Å². The fourth-order valence-electron chi connectivity index (χ4n) is 4.39. The number of amides is 3. The molecule has 0 unspecified atom stereocenters. The number of carbonyl (C=O) groups excluding carboxylic acids is 3. The first-order valence-electron chi connectivity index (χ1n) is 12.7. The number of hydrogen-bond donors (Lipinski definition) is 2. The summed E-state index contributed by atoms with van der Waals surface area (Å²) in [6, 6.07) is 19.5. The lowest BCUT2D eigenvalue weighted by atomic mass is 10.1. The Balaban J connectivity index is 1.08. The summed E-state index contributed by atoms with van der Waals surface area (Å²) in [6.45, 7) is 3.13. The van der Waals surface area contributed by atoms with E-state index >= 15 is 0 Å². The van der Waals surface area contributed by atoms with Gasteiger partial charge < -0.3 is 34.5 Å². The van der Waals surface area contributed by atoms with Crippen molar-refractivity contribution >= 4 is 29.1 Å². The van der Waals surface area contributed by atoms with Gasteiger partial charge in [0, 0.05) is 30.9 Å². The van der Waals surface area contributed by atoms with Crippen LogP contribution in [0.2, 0.25) is 0 Å². The maximum Gasteiger partial charge on any atom is 0.262 e. The summed E-state index contributed by atoms with van der Waals surface area (Å²) >= 11 is 0. The SMILES string of the molecule is CCOc1ccc(NC(=O)COc2ccc(N3C[C@@H](C(=O)NCc4ccc5c(c4)OCO5)CC3=O)cc2)cc1. The predicted molar refractivity (Wildman–Crippen MR) is 143 cm³/mol.